The summed E-state index contributed by atoms with van der Waals surface area (Å²) in [6.45, 7) is 6.46. The Morgan fingerprint density at radius 3 is 0.939 bits per heavy atom. The Bertz CT molecular complexity index is 1290. The maximum absolute atomic E-state index is 12.8. The van der Waals surface area contributed by atoms with Crippen LogP contribution in [-0.2, 0) is 28.6 Å². The first kappa shape index (κ1) is 62.6. The zero-order valence-corrected chi connectivity index (χ0v) is 43.2. The van der Waals surface area contributed by atoms with Gasteiger partial charge in [-0.25, -0.2) is 0 Å². The fourth-order valence-electron chi connectivity index (χ4n) is 7.50. The number of carbonyl (C=O) groups is 3. The van der Waals surface area contributed by atoms with Crippen molar-refractivity contribution in [2.24, 2.45) is 0 Å². The number of unbranched alkanes of at least 4 members (excludes halogenated alkanes) is 24. The topological polar surface area (TPSA) is 78.9 Å². The Kier molecular flexibility index (Phi) is 51.4. The fraction of sp³-hybridized carbons (Fsp3) is 0.717. The van der Waals surface area contributed by atoms with Crippen LogP contribution in [0.3, 0.4) is 0 Å². The van der Waals surface area contributed by atoms with Crippen molar-refractivity contribution in [2.45, 2.75) is 264 Å². The van der Waals surface area contributed by atoms with E-state index in [-0.39, 0.29) is 37.5 Å². The van der Waals surface area contributed by atoms with E-state index >= 15 is 0 Å². The highest BCUT2D eigenvalue weighted by atomic mass is 16.6. The number of rotatable bonds is 49. The van der Waals surface area contributed by atoms with Gasteiger partial charge >= 0.3 is 17.9 Å². The van der Waals surface area contributed by atoms with Gasteiger partial charge in [0.2, 0.25) is 0 Å². The zero-order valence-electron chi connectivity index (χ0n) is 43.2. The van der Waals surface area contributed by atoms with E-state index in [4.69, 9.17) is 14.2 Å². The lowest BCUT2D eigenvalue weighted by molar-refractivity contribution is -0.167. The van der Waals surface area contributed by atoms with Crippen LogP contribution in [0.15, 0.2) is 85.1 Å². The van der Waals surface area contributed by atoms with Crippen LogP contribution in [-0.4, -0.2) is 37.2 Å². The molecule has 1 unspecified atom stereocenters. The summed E-state index contributed by atoms with van der Waals surface area (Å²) in [5.74, 6) is -0.930. The third-order valence-electron chi connectivity index (χ3n) is 11.6. The lowest BCUT2D eigenvalue weighted by Gasteiger charge is -2.18. The summed E-state index contributed by atoms with van der Waals surface area (Å²) in [6.07, 6.45) is 70.1. The molecule has 0 aromatic heterocycles. The average Bonchev–Trinajstić information content (AvgIpc) is 3.31. The van der Waals surface area contributed by atoms with Crippen molar-refractivity contribution in [1.82, 2.24) is 0 Å². The predicted molar refractivity (Wildman–Crippen MR) is 284 cm³/mol. The van der Waals surface area contributed by atoms with E-state index < -0.39 is 6.10 Å². The molecule has 0 saturated heterocycles. The molecule has 0 saturated carbocycles. The van der Waals surface area contributed by atoms with Crippen LogP contribution in [0.25, 0.3) is 0 Å². The number of hydrogen-bond acceptors (Lipinski definition) is 6. The Labute approximate surface area is 407 Å². The molecule has 0 aromatic rings. The number of carbonyl (C=O) groups excluding carboxylic acids is 3. The van der Waals surface area contributed by atoms with E-state index in [1.54, 1.807) is 0 Å². The summed E-state index contributed by atoms with van der Waals surface area (Å²) in [5.41, 5.74) is 0. The smallest absolute Gasteiger partial charge is 0.306 e. The number of ether oxygens (including phenoxy) is 3. The summed E-state index contributed by atoms with van der Waals surface area (Å²) in [7, 11) is 0. The molecule has 0 aliphatic heterocycles. The minimum atomic E-state index is -0.793. The molecule has 0 heterocycles. The van der Waals surface area contributed by atoms with Gasteiger partial charge in [-0.15, -0.1) is 0 Å². The third-order valence-corrected chi connectivity index (χ3v) is 11.6. The summed E-state index contributed by atoms with van der Waals surface area (Å²) in [6, 6.07) is 0. The Balaban J connectivity index is 4.33. The zero-order chi connectivity index (χ0) is 47.9. The van der Waals surface area contributed by atoms with Gasteiger partial charge in [0.15, 0.2) is 6.10 Å². The molecule has 0 amide bonds. The van der Waals surface area contributed by atoms with Crippen molar-refractivity contribution < 1.29 is 28.6 Å². The summed E-state index contributed by atoms with van der Waals surface area (Å²) in [4.78, 5) is 37.9. The lowest BCUT2D eigenvalue weighted by atomic mass is 10.1. The van der Waals surface area contributed by atoms with Crippen LogP contribution >= 0.6 is 0 Å². The second-order valence-corrected chi connectivity index (χ2v) is 18.1. The van der Waals surface area contributed by atoms with Crippen LogP contribution in [0.1, 0.15) is 258 Å². The molecule has 0 rings (SSSR count). The molecule has 0 aromatic carbocycles. The SMILES string of the molecule is CC/C=C\C/C=C\C/C=C\C/C=C\C/C=C\CCCCCC(=O)OC(COC(=O)CCCCCCCCCC)COC(=O)CCCCCCCCCCC/C=C\C/C=C\CCCCCCC. The van der Waals surface area contributed by atoms with Gasteiger partial charge in [0.25, 0.3) is 0 Å². The van der Waals surface area contributed by atoms with E-state index in [2.05, 4.69) is 106 Å². The molecule has 6 heteroatoms. The highest BCUT2D eigenvalue weighted by Gasteiger charge is 2.19. The van der Waals surface area contributed by atoms with Gasteiger partial charge in [0.1, 0.15) is 13.2 Å². The molecule has 378 valence electrons. The maximum atomic E-state index is 12.8. The normalized spacial score (nSPS) is 12.7. The van der Waals surface area contributed by atoms with E-state index in [1.807, 2.05) is 0 Å². The van der Waals surface area contributed by atoms with E-state index in [1.165, 1.54) is 116 Å². The maximum Gasteiger partial charge on any atom is 0.306 e. The van der Waals surface area contributed by atoms with E-state index in [0.29, 0.717) is 12.8 Å². The minimum Gasteiger partial charge on any atom is -0.462 e. The summed E-state index contributed by atoms with van der Waals surface area (Å²) in [5, 5.41) is 0. The fourth-order valence-corrected chi connectivity index (χ4v) is 7.50. The third kappa shape index (κ3) is 51.6. The molecule has 0 N–H and O–H groups in total. The van der Waals surface area contributed by atoms with Gasteiger partial charge in [-0.1, -0.05) is 228 Å². The minimum absolute atomic E-state index is 0.0907. The molecule has 0 radical (unpaired) electrons. The van der Waals surface area contributed by atoms with Crippen LogP contribution < -0.4 is 0 Å². The van der Waals surface area contributed by atoms with Gasteiger partial charge < -0.3 is 14.2 Å². The van der Waals surface area contributed by atoms with Gasteiger partial charge in [-0.05, 0) is 96.3 Å². The standard InChI is InChI=1S/C60H102O6/c1-4-7-10-13-16-19-21-23-25-27-29-30-32-33-35-37-39-41-44-47-50-53-59(62)65-56-57(55-64-58(61)52-49-46-43-18-15-12-9-6-3)66-60(63)54-51-48-45-42-40-38-36-34-31-28-26-24-22-20-17-14-11-8-5-2/h8,11,17,20-21,23-24,26-27,29,31,34,38,40,57H,4-7,9-10,12-16,18-19,22,25,28,30,32-33,35-37,39,41-56H2,1-3H3/b11-8-,20-17-,23-21-,26-24-,29-27-,34-31-,40-38-. The Morgan fingerprint density at radius 1 is 0.318 bits per heavy atom. The second-order valence-electron chi connectivity index (χ2n) is 18.1. The first-order valence-corrected chi connectivity index (χ1v) is 27.6. The molecule has 66 heavy (non-hydrogen) atoms. The quantitative estimate of drug-likeness (QED) is 0.0262. The molecule has 6 nitrogen and oxygen atoms in total. The summed E-state index contributed by atoms with van der Waals surface area (Å²) < 4.78 is 16.8. The highest BCUT2D eigenvalue weighted by Crippen LogP contribution is 2.14. The first-order valence-electron chi connectivity index (χ1n) is 27.6. The van der Waals surface area contributed by atoms with E-state index in [0.717, 1.165) is 103 Å². The van der Waals surface area contributed by atoms with Gasteiger partial charge in [-0.3, -0.25) is 14.4 Å². The molecule has 1 atom stereocenters. The van der Waals surface area contributed by atoms with Crippen molar-refractivity contribution in [3.8, 4) is 0 Å². The largest absolute Gasteiger partial charge is 0.462 e. The van der Waals surface area contributed by atoms with E-state index in [9.17, 15) is 14.4 Å². The lowest BCUT2D eigenvalue weighted by Crippen LogP contribution is -2.30. The molecule has 0 aliphatic rings. The molecule has 0 spiro atoms. The van der Waals surface area contributed by atoms with Crippen LogP contribution in [0.4, 0.5) is 0 Å². The van der Waals surface area contributed by atoms with Gasteiger partial charge in [0, 0.05) is 19.3 Å². The highest BCUT2D eigenvalue weighted by molar-refractivity contribution is 5.71. The number of allylic oxidation sites excluding steroid dienone is 14. The van der Waals surface area contributed by atoms with Gasteiger partial charge in [0.05, 0.1) is 0 Å². The first-order chi connectivity index (χ1) is 32.5. The molecule has 0 fully saturated rings. The Morgan fingerprint density at radius 2 is 0.591 bits per heavy atom. The average molecular weight is 919 g/mol. The van der Waals surface area contributed by atoms with Gasteiger partial charge in [-0.2, -0.15) is 0 Å². The van der Waals surface area contributed by atoms with Crippen LogP contribution in [0, 0.1) is 0 Å². The van der Waals surface area contributed by atoms with Crippen molar-refractivity contribution >= 4 is 17.9 Å². The molecule has 0 aliphatic carbocycles. The number of hydrogen-bond donors (Lipinski definition) is 0. The van der Waals surface area contributed by atoms with Crippen LogP contribution in [0.5, 0.6) is 0 Å². The number of esters is 3. The predicted octanol–water partition coefficient (Wildman–Crippen LogP) is 18.4. The molecule has 0 bridgehead atoms. The second kappa shape index (κ2) is 54.2. The van der Waals surface area contributed by atoms with Crippen molar-refractivity contribution in [2.75, 3.05) is 13.2 Å². The summed E-state index contributed by atoms with van der Waals surface area (Å²) >= 11 is 0. The van der Waals surface area contributed by atoms with Crippen molar-refractivity contribution in [1.29, 1.82) is 0 Å². The van der Waals surface area contributed by atoms with Crippen LogP contribution in [0.2, 0.25) is 0 Å². The Hall–Kier alpha value is -3.41. The van der Waals surface area contributed by atoms with Crippen molar-refractivity contribution in [3.05, 3.63) is 85.1 Å². The molecular weight excluding hydrogens is 817 g/mol. The van der Waals surface area contributed by atoms with Crippen molar-refractivity contribution in [3.63, 3.8) is 0 Å². The monoisotopic (exact) mass is 919 g/mol. The molecular formula is C60H102O6.